The van der Waals surface area contributed by atoms with Crippen LogP contribution in [0.1, 0.15) is 28.4 Å². The van der Waals surface area contributed by atoms with Crippen LogP contribution < -0.4 is 4.74 Å². The highest BCUT2D eigenvalue weighted by Gasteiger charge is 2.60. The third kappa shape index (κ3) is 3.71. The number of carbonyl (C=O) groups is 2. The quantitative estimate of drug-likeness (QED) is 0.371. The van der Waals surface area contributed by atoms with E-state index in [1.54, 1.807) is 31.4 Å². The van der Waals surface area contributed by atoms with Crippen LogP contribution in [-0.4, -0.2) is 48.6 Å². The molecule has 1 saturated heterocycles. The maximum atomic E-state index is 13.9. The van der Waals surface area contributed by atoms with Gasteiger partial charge in [-0.15, -0.1) is 0 Å². The number of rotatable bonds is 6. The van der Waals surface area contributed by atoms with Gasteiger partial charge >= 0.3 is 5.97 Å². The number of hydrogen-bond donors (Lipinski definition) is 1. The summed E-state index contributed by atoms with van der Waals surface area (Å²) in [6.45, 7) is -0.0387. The maximum absolute atomic E-state index is 13.9. The molecule has 1 fully saturated rings. The van der Waals surface area contributed by atoms with Gasteiger partial charge in [-0.3, -0.25) is 14.5 Å². The number of benzene rings is 4. The van der Waals surface area contributed by atoms with Crippen LogP contribution in [0.4, 0.5) is 0 Å². The molecule has 4 aromatic carbocycles. The highest BCUT2D eigenvalue weighted by atomic mass is 16.5. The Morgan fingerprint density at radius 2 is 1.49 bits per heavy atom. The fourth-order valence-corrected chi connectivity index (χ4v) is 6.52. The van der Waals surface area contributed by atoms with E-state index in [-0.39, 0.29) is 12.3 Å². The van der Waals surface area contributed by atoms with Crippen molar-refractivity contribution < 1.29 is 24.2 Å². The van der Waals surface area contributed by atoms with Gasteiger partial charge in [0.25, 0.3) is 0 Å². The smallest absolute Gasteiger partial charge is 0.324 e. The summed E-state index contributed by atoms with van der Waals surface area (Å²) in [5, 5.41) is 11.6. The third-order valence-electron chi connectivity index (χ3n) is 8.14. The number of aliphatic hydroxyl groups is 1. The Morgan fingerprint density at radius 3 is 2.10 bits per heavy atom. The molecule has 0 unspecified atom stereocenters. The van der Waals surface area contributed by atoms with Crippen LogP contribution in [0.5, 0.6) is 5.75 Å². The molecule has 6 heteroatoms. The van der Waals surface area contributed by atoms with Gasteiger partial charge in [-0.2, -0.15) is 0 Å². The zero-order chi connectivity index (χ0) is 27.1. The van der Waals surface area contributed by atoms with Gasteiger partial charge in [0.05, 0.1) is 38.3 Å². The summed E-state index contributed by atoms with van der Waals surface area (Å²) in [5.74, 6) is -1.27. The fourth-order valence-electron chi connectivity index (χ4n) is 6.52. The molecule has 196 valence electrons. The predicted octanol–water partition coefficient (Wildman–Crippen LogP) is 4.74. The van der Waals surface area contributed by atoms with E-state index < -0.39 is 29.6 Å². The molecule has 0 radical (unpaired) electrons. The van der Waals surface area contributed by atoms with Gasteiger partial charge in [0.2, 0.25) is 0 Å². The summed E-state index contributed by atoms with van der Waals surface area (Å²) >= 11 is 0. The lowest BCUT2D eigenvalue weighted by molar-refractivity contribution is -0.151. The Bertz CT molecular complexity index is 1500. The Balaban J connectivity index is 1.60. The number of likely N-dealkylation sites (tertiary alicyclic amines) is 1. The summed E-state index contributed by atoms with van der Waals surface area (Å²) in [7, 11) is 2.87. The second-order valence-corrected chi connectivity index (χ2v) is 9.98. The molecule has 1 N–H and O–H groups in total. The lowest BCUT2D eigenvalue weighted by Gasteiger charge is -2.44. The average Bonchev–Trinajstić information content (AvgIpc) is 3.49. The Labute approximate surface area is 227 Å². The van der Waals surface area contributed by atoms with Crippen LogP contribution in [0.15, 0.2) is 103 Å². The lowest BCUT2D eigenvalue weighted by atomic mass is 9.78. The van der Waals surface area contributed by atoms with E-state index in [1.165, 1.54) is 7.11 Å². The molecule has 1 aliphatic heterocycles. The minimum atomic E-state index is -1.23. The Kier molecular flexibility index (Phi) is 6.29. The molecule has 0 aromatic heterocycles. The summed E-state index contributed by atoms with van der Waals surface area (Å²) in [5.41, 5.74) is 4.54. The number of carbonyl (C=O) groups excluding carboxylic acids is 2. The zero-order valence-electron chi connectivity index (χ0n) is 21.8. The normalized spacial score (nSPS) is 20.2. The molecule has 4 aromatic rings. The summed E-state index contributed by atoms with van der Waals surface area (Å²) in [4.78, 5) is 29.5. The largest absolute Gasteiger partial charge is 0.497 e. The summed E-state index contributed by atoms with van der Waals surface area (Å²) in [6.07, 6.45) is -1.23. The highest BCUT2D eigenvalue weighted by Crippen LogP contribution is 2.56. The van der Waals surface area contributed by atoms with Crippen LogP contribution in [-0.2, 0) is 19.9 Å². The Morgan fingerprint density at radius 1 is 0.872 bits per heavy atom. The second-order valence-electron chi connectivity index (χ2n) is 9.98. The van der Waals surface area contributed by atoms with Crippen LogP contribution in [0, 0.1) is 5.92 Å². The van der Waals surface area contributed by atoms with E-state index in [1.807, 2.05) is 59.5 Å². The highest BCUT2D eigenvalue weighted by molar-refractivity contribution is 5.95. The molecular weight excluding hydrogens is 490 g/mol. The number of Topliss-reactive ketones (excluding diaryl/α,β-unsaturated/α-hetero) is 1. The monoisotopic (exact) mass is 519 g/mol. The first-order valence-corrected chi connectivity index (χ1v) is 13.0. The number of nitrogens with zero attached hydrogens (tertiary/aromatic N) is 1. The summed E-state index contributed by atoms with van der Waals surface area (Å²) in [6, 6.07) is 32.1. The molecule has 1 heterocycles. The average molecular weight is 520 g/mol. The predicted molar refractivity (Wildman–Crippen MR) is 147 cm³/mol. The standard InChI is InChI=1S/C33H29NO5/c1-38-23-14-10-11-21(19-23)31(36)29-28(35)20-34(30(29)32(37)39-2)33(22-12-4-3-5-13-22)26-17-8-6-15-24(26)25-16-7-9-18-27(25)33/h3-19,29-31,36H,20H2,1-2H3/t29-,30-,31-/m0/s1. The second kappa shape index (κ2) is 9.80. The van der Waals surface area contributed by atoms with Gasteiger partial charge in [0.1, 0.15) is 11.8 Å². The number of ether oxygens (including phenoxy) is 2. The molecule has 0 bridgehead atoms. The fraction of sp³-hybridized carbons (Fsp3) is 0.212. The first kappa shape index (κ1) is 25.0. The lowest BCUT2D eigenvalue weighted by Crippen LogP contribution is -2.54. The van der Waals surface area contributed by atoms with E-state index >= 15 is 0 Å². The van der Waals surface area contributed by atoms with Crippen molar-refractivity contribution in [2.75, 3.05) is 20.8 Å². The number of aliphatic hydroxyl groups excluding tert-OH is 1. The van der Waals surface area contributed by atoms with E-state index in [2.05, 4.69) is 24.3 Å². The van der Waals surface area contributed by atoms with Gasteiger partial charge < -0.3 is 14.6 Å². The molecule has 2 aliphatic rings. The van der Waals surface area contributed by atoms with Gasteiger partial charge in [-0.05, 0) is 45.5 Å². The van der Waals surface area contributed by atoms with Crippen molar-refractivity contribution >= 4 is 11.8 Å². The molecule has 6 rings (SSSR count). The SMILES string of the molecule is COC(=O)[C@@H]1[C@@H]([C@@H](O)c2cccc(OC)c2)C(=O)CN1C1(c2ccccc2)c2ccccc2-c2ccccc21. The maximum Gasteiger partial charge on any atom is 0.324 e. The van der Waals surface area contributed by atoms with E-state index in [4.69, 9.17) is 9.47 Å². The van der Waals surface area contributed by atoms with Crippen LogP contribution in [0.3, 0.4) is 0 Å². The Hall–Kier alpha value is -4.26. The van der Waals surface area contributed by atoms with Crippen LogP contribution in [0.25, 0.3) is 11.1 Å². The minimum Gasteiger partial charge on any atom is -0.497 e. The van der Waals surface area contributed by atoms with Crippen LogP contribution in [0.2, 0.25) is 0 Å². The molecule has 39 heavy (non-hydrogen) atoms. The third-order valence-corrected chi connectivity index (χ3v) is 8.14. The molecule has 0 spiro atoms. The number of hydrogen-bond acceptors (Lipinski definition) is 6. The number of fused-ring (bicyclic) bond motifs is 3. The van der Waals surface area contributed by atoms with Gasteiger partial charge in [0, 0.05) is 0 Å². The molecule has 0 amide bonds. The van der Waals surface area contributed by atoms with E-state index in [0.29, 0.717) is 11.3 Å². The van der Waals surface area contributed by atoms with Crippen molar-refractivity contribution in [3.8, 4) is 16.9 Å². The van der Waals surface area contributed by atoms with Gasteiger partial charge in [-0.25, -0.2) is 0 Å². The van der Waals surface area contributed by atoms with E-state index in [0.717, 1.165) is 27.8 Å². The van der Waals surface area contributed by atoms with Crippen molar-refractivity contribution in [1.29, 1.82) is 0 Å². The minimum absolute atomic E-state index is 0.0387. The van der Waals surface area contributed by atoms with Gasteiger partial charge in [0.15, 0.2) is 5.78 Å². The molecular formula is C33H29NO5. The zero-order valence-corrected chi connectivity index (χ0v) is 21.8. The molecule has 6 nitrogen and oxygen atoms in total. The van der Waals surface area contributed by atoms with Crippen molar-refractivity contribution in [2.45, 2.75) is 17.7 Å². The van der Waals surface area contributed by atoms with Crippen LogP contribution >= 0.6 is 0 Å². The van der Waals surface area contributed by atoms with Crippen molar-refractivity contribution in [3.05, 3.63) is 125 Å². The van der Waals surface area contributed by atoms with Crippen molar-refractivity contribution in [3.63, 3.8) is 0 Å². The number of ketones is 1. The number of methoxy groups -OCH3 is 2. The first-order valence-electron chi connectivity index (χ1n) is 13.0. The van der Waals surface area contributed by atoms with E-state index in [9.17, 15) is 14.7 Å². The molecule has 1 aliphatic carbocycles. The van der Waals surface area contributed by atoms with Crippen molar-refractivity contribution in [2.24, 2.45) is 5.92 Å². The number of esters is 1. The summed E-state index contributed by atoms with van der Waals surface area (Å²) < 4.78 is 10.7. The topological polar surface area (TPSA) is 76.1 Å². The van der Waals surface area contributed by atoms with Crippen molar-refractivity contribution in [1.82, 2.24) is 4.90 Å². The first-order chi connectivity index (χ1) is 19.0. The molecule has 0 saturated carbocycles. The molecule has 3 atom stereocenters. The van der Waals surface area contributed by atoms with Gasteiger partial charge in [-0.1, -0.05) is 91.0 Å².